The van der Waals surface area contributed by atoms with E-state index in [4.69, 9.17) is 23.2 Å². The highest BCUT2D eigenvalue weighted by molar-refractivity contribution is 7.93. The Bertz CT molecular complexity index is 731. The van der Waals surface area contributed by atoms with Crippen molar-refractivity contribution in [2.45, 2.75) is 11.8 Å². The largest absolute Gasteiger partial charge is 0.269 e. The molecule has 2 aromatic rings. The molecule has 0 amide bonds. The van der Waals surface area contributed by atoms with E-state index in [-0.39, 0.29) is 15.1 Å². The zero-order chi connectivity index (χ0) is 14.9. The van der Waals surface area contributed by atoms with Crippen LogP contribution in [0, 0.1) is 6.92 Å². The van der Waals surface area contributed by atoms with Gasteiger partial charge in [-0.05, 0) is 25.1 Å². The van der Waals surface area contributed by atoms with Crippen LogP contribution in [-0.2, 0) is 10.0 Å². The van der Waals surface area contributed by atoms with E-state index < -0.39 is 10.0 Å². The smallest absolute Gasteiger partial charge is 0.267 e. The Morgan fingerprint density at radius 3 is 2.30 bits per heavy atom. The molecule has 0 aliphatic rings. The van der Waals surface area contributed by atoms with Gasteiger partial charge in [0.1, 0.15) is 10.0 Å². The summed E-state index contributed by atoms with van der Waals surface area (Å²) in [5, 5.41) is 0.191. The van der Waals surface area contributed by atoms with Crippen molar-refractivity contribution in [2.75, 3.05) is 11.4 Å². The monoisotopic (exact) mass is 330 g/mol. The quantitative estimate of drug-likeness (QED) is 0.809. The van der Waals surface area contributed by atoms with Gasteiger partial charge in [-0.1, -0.05) is 40.9 Å². The van der Waals surface area contributed by atoms with E-state index in [2.05, 4.69) is 4.98 Å². The van der Waals surface area contributed by atoms with Crippen molar-refractivity contribution in [2.24, 2.45) is 0 Å². The van der Waals surface area contributed by atoms with Crippen LogP contribution in [0.25, 0.3) is 0 Å². The number of sulfonamides is 1. The lowest BCUT2D eigenvalue weighted by Gasteiger charge is -2.20. The molecule has 7 heteroatoms. The molecule has 4 nitrogen and oxygen atoms in total. The maximum Gasteiger partial charge on any atom is 0.267 e. The second-order valence-electron chi connectivity index (χ2n) is 4.25. The molecule has 0 spiro atoms. The van der Waals surface area contributed by atoms with Gasteiger partial charge in [-0.15, -0.1) is 0 Å². The van der Waals surface area contributed by atoms with Gasteiger partial charge in [0.05, 0.1) is 16.9 Å². The lowest BCUT2D eigenvalue weighted by Crippen LogP contribution is -2.26. The van der Waals surface area contributed by atoms with Gasteiger partial charge in [0, 0.05) is 7.05 Å². The minimum Gasteiger partial charge on any atom is -0.269 e. The molecule has 0 bridgehead atoms. The topological polar surface area (TPSA) is 50.3 Å². The zero-order valence-electron chi connectivity index (χ0n) is 10.8. The van der Waals surface area contributed by atoms with Crippen molar-refractivity contribution in [3.05, 3.63) is 52.3 Å². The Morgan fingerprint density at radius 2 is 1.75 bits per heavy atom. The lowest BCUT2D eigenvalue weighted by molar-refractivity contribution is 0.594. The first-order valence-corrected chi connectivity index (χ1v) is 7.88. The third kappa shape index (κ3) is 2.90. The summed E-state index contributed by atoms with van der Waals surface area (Å²) >= 11 is 11.6. The number of hydrogen-bond donors (Lipinski definition) is 0. The number of aryl methyl sites for hydroxylation is 1. The first-order chi connectivity index (χ1) is 9.32. The highest BCUT2D eigenvalue weighted by Gasteiger charge is 2.24. The first-order valence-electron chi connectivity index (χ1n) is 5.69. The third-order valence-corrected chi connectivity index (χ3v) is 5.27. The van der Waals surface area contributed by atoms with E-state index in [1.165, 1.54) is 13.1 Å². The molecular formula is C13H12Cl2N2O2S. The summed E-state index contributed by atoms with van der Waals surface area (Å²) in [7, 11) is -2.31. The summed E-state index contributed by atoms with van der Waals surface area (Å²) < 4.78 is 26.2. The van der Waals surface area contributed by atoms with Crippen LogP contribution in [0.5, 0.6) is 0 Å². The van der Waals surface area contributed by atoms with Crippen molar-refractivity contribution >= 4 is 38.9 Å². The lowest BCUT2D eigenvalue weighted by atomic mass is 10.2. The molecule has 0 radical (unpaired) electrons. The van der Waals surface area contributed by atoms with Crippen LogP contribution < -0.4 is 4.31 Å². The maximum absolute atomic E-state index is 12.5. The molecule has 0 saturated carbocycles. The number of anilines is 1. The summed E-state index contributed by atoms with van der Waals surface area (Å²) in [6, 6.07) is 8.43. The number of rotatable bonds is 3. The van der Waals surface area contributed by atoms with Crippen LogP contribution >= 0.6 is 23.2 Å². The van der Waals surface area contributed by atoms with Gasteiger partial charge in [-0.2, -0.15) is 0 Å². The second-order valence-corrected chi connectivity index (χ2v) is 6.98. The van der Waals surface area contributed by atoms with Crippen molar-refractivity contribution in [3.63, 3.8) is 0 Å². The van der Waals surface area contributed by atoms with Crippen LogP contribution in [0.2, 0.25) is 10.2 Å². The Morgan fingerprint density at radius 1 is 1.15 bits per heavy atom. The van der Waals surface area contributed by atoms with Gasteiger partial charge in [-0.3, -0.25) is 4.31 Å². The Balaban J connectivity index is 2.46. The van der Waals surface area contributed by atoms with Crippen LogP contribution in [0.4, 0.5) is 5.69 Å². The fourth-order valence-corrected chi connectivity index (χ4v) is 3.47. The second kappa shape index (κ2) is 5.60. The molecule has 0 unspecified atom stereocenters. The van der Waals surface area contributed by atoms with Crippen LogP contribution in [-0.4, -0.2) is 20.4 Å². The van der Waals surface area contributed by atoms with Crippen LogP contribution in [0.1, 0.15) is 5.56 Å². The predicted octanol–water partition coefficient (Wildman–Crippen LogP) is 3.52. The number of halogens is 2. The molecule has 0 saturated heterocycles. The van der Waals surface area contributed by atoms with E-state index in [0.29, 0.717) is 5.69 Å². The molecule has 0 aliphatic heterocycles. The average Bonchev–Trinajstić information content (AvgIpc) is 2.38. The minimum atomic E-state index is -3.77. The summed E-state index contributed by atoms with van der Waals surface area (Å²) in [4.78, 5) is 3.69. The van der Waals surface area contributed by atoms with Gasteiger partial charge in [0.25, 0.3) is 10.0 Å². The summed E-state index contributed by atoms with van der Waals surface area (Å²) in [6.45, 7) is 1.93. The average molecular weight is 331 g/mol. The number of hydrogen-bond acceptors (Lipinski definition) is 3. The minimum absolute atomic E-state index is 0.0453. The molecular weight excluding hydrogens is 319 g/mol. The normalized spacial score (nSPS) is 11.4. The predicted molar refractivity (Wildman–Crippen MR) is 81.0 cm³/mol. The molecule has 106 valence electrons. The number of nitrogens with zero attached hydrogens (tertiary/aromatic N) is 2. The molecule has 2 rings (SSSR count). The Kier molecular flexibility index (Phi) is 4.22. The molecule has 0 aliphatic carbocycles. The third-order valence-electron chi connectivity index (χ3n) is 2.82. The molecule has 1 heterocycles. The summed E-state index contributed by atoms with van der Waals surface area (Å²) in [5.41, 5.74) is 1.59. The fraction of sp³-hybridized carbons (Fsp3) is 0.154. The first kappa shape index (κ1) is 15.1. The van der Waals surface area contributed by atoms with E-state index in [1.54, 1.807) is 12.1 Å². The van der Waals surface area contributed by atoms with Gasteiger partial charge >= 0.3 is 0 Å². The van der Waals surface area contributed by atoms with Crippen molar-refractivity contribution < 1.29 is 8.42 Å². The van der Waals surface area contributed by atoms with Gasteiger partial charge < -0.3 is 0 Å². The highest BCUT2D eigenvalue weighted by Crippen LogP contribution is 2.28. The Labute approximate surface area is 128 Å². The number of benzene rings is 1. The SMILES string of the molecule is Cc1ccc(N(C)S(=O)(=O)c2cnc(Cl)cc2Cl)cc1. The molecule has 0 atom stereocenters. The summed E-state index contributed by atoms with van der Waals surface area (Å²) in [5.74, 6) is 0. The molecule has 20 heavy (non-hydrogen) atoms. The van der Waals surface area contributed by atoms with E-state index in [0.717, 1.165) is 16.1 Å². The van der Waals surface area contributed by atoms with Crippen molar-refractivity contribution in [1.82, 2.24) is 4.98 Å². The fourth-order valence-electron chi connectivity index (χ4n) is 1.63. The van der Waals surface area contributed by atoms with Gasteiger partial charge in [-0.25, -0.2) is 13.4 Å². The molecule has 1 aromatic carbocycles. The van der Waals surface area contributed by atoms with Gasteiger partial charge in [0.15, 0.2) is 0 Å². The highest BCUT2D eigenvalue weighted by atomic mass is 35.5. The molecule has 0 fully saturated rings. The molecule has 1 aromatic heterocycles. The zero-order valence-corrected chi connectivity index (χ0v) is 13.2. The number of pyridine rings is 1. The molecule has 0 N–H and O–H groups in total. The number of aromatic nitrogens is 1. The summed E-state index contributed by atoms with van der Waals surface area (Å²) in [6.07, 6.45) is 1.16. The Hall–Kier alpha value is -1.30. The standard InChI is InChI=1S/C13H12Cl2N2O2S/c1-9-3-5-10(6-4-9)17(2)20(18,19)12-8-16-13(15)7-11(12)14/h3-8H,1-2H3. The van der Waals surface area contributed by atoms with Crippen molar-refractivity contribution in [1.29, 1.82) is 0 Å². The van der Waals surface area contributed by atoms with Gasteiger partial charge in [0.2, 0.25) is 0 Å². The van der Waals surface area contributed by atoms with E-state index in [1.807, 2.05) is 19.1 Å². The van der Waals surface area contributed by atoms with Crippen LogP contribution in [0.15, 0.2) is 41.4 Å². The van der Waals surface area contributed by atoms with E-state index in [9.17, 15) is 8.42 Å². The van der Waals surface area contributed by atoms with Crippen LogP contribution in [0.3, 0.4) is 0 Å². The van der Waals surface area contributed by atoms with Crippen molar-refractivity contribution in [3.8, 4) is 0 Å². The maximum atomic E-state index is 12.5. The van der Waals surface area contributed by atoms with E-state index >= 15 is 0 Å².